The Morgan fingerprint density at radius 3 is 2.15 bits per heavy atom. The van der Waals surface area contributed by atoms with Crippen LogP contribution in [0.5, 0.6) is 0 Å². The zero-order chi connectivity index (χ0) is 10.1. The highest BCUT2D eigenvalue weighted by Crippen LogP contribution is 2.45. The molecule has 0 atom stereocenters. The topological polar surface area (TPSA) is 17.1 Å². The van der Waals surface area contributed by atoms with E-state index in [1.165, 1.54) is 0 Å². The molecule has 0 aliphatic rings. The van der Waals surface area contributed by atoms with Crippen LogP contribution < -0.4 is 0 Å². The van der Waals surface area contributed by atoms with E-state index >= 15 is 0 Å². The summed E-state index contributed by atoms with van der Waals surface area (Å²) in [5.74, 6) is 0. The molecule has 0 bridgehead atoms. The standard InChI is InChI=1S/C8H4Br3ClO/c9-8(10,11)6-4-2-1-3-5(6)7(12)13/h1-4H. The first-order chi connectivity index (χ1) is 5.93. The molecule has 0 unspecified atom stereocenters. The number of carbonyl (C=O) groups is 1. The molecule has 0 aliphatic carbocycles. The van der Waals surface area contributed by atoms with E-state index in [4.69, 9.17) is 11.6 Å². The quantitative estimate of drug-likeness (QED) is 0.514. The van der Waals surface area contributed by atoms with Gasteiger partial charge in [0.2, 0.25) is 0 Å². The lowest BCUT2D eigenvalue weighted by Gasteiger charge is -2.14. The van der Waals surface area contributed by atoms with E-state index in [-0.39, 0.29) is 0 Å². The minimum Gasteiger partial charge on any atom is -0.276 e. The van der Waals surface area contributed by atoms with Crippen LogP contribution >= 0.6 is 59.4 Å². The number of hydrogen-bond acceptors (Lipinski definition) is 1. The molecule has 1 aromatic carbocycles. The Balaban J connectivity index is 3.28. The van der Waals surface area contributed by atoms with Gasteiger partial charge in [-0.25, -0.2) is 0 Å². The van der Waals surface area contributed by atoms with Gasteiger partial charge in [-0.15, -0.1) is 0 Å². The molecule has 0 N–H and O–H groups in total. The summed E-state index contributed by atoms with van der Waals surface area (Å²) in [7, 11) is 0. The molecule has 1 rings (SSSR count). The van der Waals surface area contributed by atoms with Crippen molar-refractivity contribution < 1.29 is 4.79 Å². The van der Waals surface area contributed by atoms with Crippen molar-refractivity contribution in [1.29, 1.82) is 0 Å². The third kappa shape index (κ3) is 3.05. The monoisotopic (exact) mass is 388 g/mol. The van der Waals surface area contributed by atoms with Crippen LogP contribution in [0.4, 0.5) is 0 Å². The number of rotatable bonds is 1. The summed E-state index contributed by atoms with van der Waals surface area (Å²) < 4.78 is -0.603. The zero-order valence-corrected chi connectivity index (χ0v) is 11.7. The highest BCUT2D eigenvalue weighted by Gasteiger charge is 2.25. The van der Waals surface area contributed by atoms with Gasteiger partial charge in [-0.05, 0) is 17.7 Å². The van der Waals surface area contributed by atoms with Gasteiger partial charge in [0.1, 0.15) is 0 Å². The fourth-order valence-corrected chi connectivity index (χ4v) is 2.10. The summed E-state index contributed by atoms with van der Waals surface area (Å²) >= 11 is 15.4. The van der Waals surface area contributed by atoms with Crippen LogP contribution in [-0.2, 0) is 2.14 Å². The van der Waals surface area contributed by atoms with Gasteiger partial charge in [-0.3, -0.25) is 4.79 Å². The zero-order valence-electron chi connectivity index (χ0n) is 6.23. The highest BCUT2D eigenvalue weighted by atomic mass is 80.0. The second kappa shape index (κ2) is 4.43. The average Bonchev–Trinajstić information content (AvgIpc) is 2.03. The lowest BCUT2D eigenvalue weighted by Crippen LogP contribution is -2.05. The fraction of sp³-hybridized carbons (Fsp3) is 0.125. The van der Waals surface area contributed by atoms with Gasteiger partial charge in [-0.2, -0.15) is 0 Å². The maximum Gasteiger partial charge on any atom is 0.252 e. The van der Waals surface area contributed by atoms with E-state index in [1.54, 1.807) is 18.2 Å². The number of halogens is 4. The molecule has 1 nitrogen and oxygen atoms in total. The number of alkyl halides is 3. The van der Waals surface area contributed by atoms with E-state index in [9.17, 15) is 4.79 Å². The fourth-order valence-electron chi connectivity index (χ4n) is 0.902. The maximum absolute atomic E-state index is 11.0. The summed E-state index contributed by atoms with van der Waals surface area (Å²) in [6.07, 6.45) is 0. The molecular formula is C8H4Br3ClO. The van der Waals surface area contributed by atoms with Gasteiger partial charge in [0, 0.05) is 11.1 Å². The van der Waals surface area contributed by atoms with E-state index in [0.717, 1.165) is 5.56 Å². The van der Waals surface area contributed by atoms with Crippen molar-refractivity contribution in [3.63, 3.8) is 0 Å². The molecule has 5 heteroatoms. The van der Waals surface area contributed by atoms with E-state index in [2.05, 4.69) is 47.8 Å². The molecule has 70 valence electrons. The molecule has 0 heterocycles. The molecule has 13 heavy (non-hydrogen) atoms. The summed E-state index contributed by atoms with van der Waals surface area (Å²) in [6, 6.07) is 7.06. The van der Waals surface area contributed by atoms with Crippen LogP contribution in [0, 0.1) is 0 Å². The number of benzene rings is 1. The first-order valence-corrected chi connectivity index (χ1v) is 6.04. The molecule has 0 radical (unpaired) electrons. The minimum absolute atomic E-state index is 0.467. The Bertz CT molecular complexity index is 332. The predicted octanol–water partition coefficient (Wildman–Crippen LogP) is 4.36. The van der Waals surface area contributed by atoms with Gasteiger partial charge in [0.25, 0.3) is 5.24 Å². The van der Waals surface area contributed by atoms with E-state index in [1.807, 2.05) is 6.07 Å². The normalized spacial score (nSPS) is 11.4. The Labute approximate surface area is 106 Å². The summed E-state index contributed by atoms with van der Waals surface area (Å²) in [5.41, 5.74) is 1.21. The van der Waals surface area contributed by atoms with Crippen LogP contribution in [0.1, 0.15) is 15.9 Å². The van der Waals surface area contributed by atoms with Gasteiger partial charge >= 0.3 is 0 Å². The Kier molecular flexibility index (Phi) is 3.98. The van der Waals surface area contributed by atoms with Crippen LogP contribution in [0.2, 0.25) is 0 Å². The number of carbonyl (C=O) groups excluding carboxylic acids is 1. The minimum atomic E-state index is -0.603. The van der Waals surface area contributed by atoms with Crippen molar-refractivity contribution in [1.82, 2.24) is 0 Å². The van der Waals surface area contributed by atoms with Crippen LogP contribution in [0.15, 0.2) is 24.3 Å². The molecule has 0 fully saturated rings. The Morgan fingerprint density at radius 2 is 1.77 bits per heavy atom. The van der Waals surface area contributed by atoms with Crippen molar-refractivity contribution in [2.45, 2.75) is 2.14 Å². The highest BCUT2D eigenvalue weighted by molar-refractivity contribution is 9.38. The second-order valence-electron chi connectivity index (χ2n) is 2.32. The molecule has 0 aromatic heterocycles. The Morgan fingerprint density at radius 1 is 1.23 bits per heavy atom. The SMILES string of the molecule is O=C(Cl)c1ccccc1C(Br)(Br)Br. The molecular weight excluding hydrogens is 387 g/mol. The van der Waals surface area contributed by atoms with Crippen molar-refractivity contribution in [3.05, 3.63) is 35.4 Å². The second-order valence-corrected chi connectivity index (χ2v) is 9.42. The van der Waals surface area contributed by atoms with Crippen molar-refractivity contribution in [2.24, 2.45) is 0 Å². The number of hydrogen-bond donors (Lipinski definition) is 0. The smallest absolute Gasteiger partial charge is 0.252 e. The van der Waals surface area contributed by atoms with Gasteiger partial charge in [0.05, 0.1) is 0 Å². The molecule has 0 aliphatic heterocycles. The summed E-state index contributed by atoms with van der Waals surface area (Å²) in [5, 5.41) is -0.474. The van der Waals surface area contributed by atoms with E-state index < -0.39 is 7.39 Å². The Hall–Kier alpha value is 0.620. The molecule has 0 amide bonds. The van der Waals surface area contributed by atoms with Crippen LogP contribution in [0.3, 0.4) is 0 Å². The summed E-state index contributed by atoms with van der Waals surface area (Å²) in [6.45, 7) is 0. The largest absolute Gasteiger partial charge is 0.276 e. The molecule has 1 aromatic rings. The first kappa shape index (κ1) is 11.7. The van der Waals surface area contributed by atoms with Gasteiger partial charge in [-0.1, -0.05) is 66.0 Å². The van der Waals surface area contributed by atoms with Gasteiger partial charge < -0.3 is 0 Å². The first-order valence-electron chi connectivity index (χ1n) is 3.29. The molecule has 0 saturated heterocycles. The molecule has 0 spiro atoms. The lowest BCUT2D eigenvalue weighted by atomic mass is 10.1. The summed E-state index contributed by atoms with van der Waals surface area (Å²) in [4.78, 5) is 11.0. The third-order valence-electron chi connectivity index (χ3n) is 1.44. The van der Waals surface area contributed by atoms with Gasteiger partial charge in [0.15, 0.2) is 2.14 Å². The molecule has 0 saturated carbocycles. The third-order valence-corrected chi connectivity index (χ3v) is 2.93. The maximum atomic E-state index is 11.0. The lowest BCUT2D eigenvalue weighted by molar-refractivity contribution is 0.108. The van der Waals surface area contributed by atoms with Crippen molar-refractivity contribution >= 4 is 64.6 Å². The van der Waals surface area contributed by atoms with Crippen molar-refractivity contribution in [3.8, 4) is 0 Å². The van der Waals surface area contributed by atoms with Crippen LogP contribution in [0.25, 0.3) is 0 Å². The van der Waals surface area contributed by atoms with Crippen molar-refractivity contribution in [2.75, 3.05) is 0 Å². The van der Waals surface area contributed by atoms with Crippen LogP contribution in [-0.4, -0.2) is 5.24 Å². The predicted molar refractivity (Wildman–Crippen MR) is 65.1 cm³/mol. The van der Waals surface area contributed by atoms with E-state index in [0.29, 0.717) is 5.56 Å². The average molecular weight is 391 g/mol.